The van der Waals surface area contributed by atoms with E-state index in [1.165, 1.54) is 5.57 Å². The first-order chi connectivity index (χ1) is 6.65. The minimum Gasteiger partial charge on any atom is -0.506 e. The highest BCUT2D eigenvalue weighted by Gasteiger charge is 2.04. The number of aromatic hydroxyl groups is 1. The van der Waals surface area contributed by atoms with Gasteiger partial charge in [0.25, 0.3) is 0 Å². The highest BCUT2D eigenvalue weighted by molar-refractivity contribution is 5.48. The summed E-state index contributed by atoms with van der Waals surface area (Å²) in [6, 6.07) is 7.18. The quantitative estimate of drug-likeness (QED) is 0.723. The zero-order valence-corrected chi connectivity index (χ0v) is 8.41. The Bertz CT molecular complexity index is 395. The molecule has 0 aromatic heterocycles. The predicted molar refractivity (Wildman–Crippen MR) is 56.0 cm³/mol. The van der Waals surface area contributed by atoms with Crippen molar-refractivity contribution >= 4 is 0 Å². The van der Waals surface area contributed by atoms with Gasteiger partial charge in [-0.25, -0.2) is 0 Å². The molecule has 1 aromatic carbocycles. The highest BCUT2D eigenvalue weighted by Crippen LogP contribution is 2.22. The molecule has 0 spiro atoms. The predicted octanol–water partition coefficient (Wildman–Crippen LogP) is 2.77. The number of phenols is 1. The standard InChI is InChI=1S/C12H13NO/c1-9(2)6-7-10-4-3-5-11(8-13)12(10)14/h3-6,14H,7H2,1-2H3. The summed E-state index contributed by atoms with van der Waals surface area (Å²) >= 11 is 0. The van der Waals surface area contributed by atoms with Gasteiger partial charge in [0.2, 0.25) is 0 Å². The minimum atomic E-state index is 0.104. The van der Waals surface area contributed by atoms with E-state index in [9.17, 15) is 5.11 Å². The lowest BCUT2D eigenvalue weighted by Crippen LogP contribution is -1.86. The number of benzene rings is 1. The normalized spacial score (nSPS) is 9.21. The first-order valence-electron chi connectivity index (χ1n) is 4.49. The van der Waals surface area contributed by atoms with Crippen molar-refractivity contribution in [1.29, 1.82) is 5.26 Å². The molecule has 2 heteroatoms. The molecular formula is C12H13NO. The van der Waals surface area contributed by atoms with Gasteiger partial charge in [-0.3, -0.25) is 0 Å². The summed E-state index contributed by atoms with van der Waals surface area (Å²) in [4.78, 5) is 0. The maximum atomic E-state index is 9.65. The summed E-state index contributed by atoms with van der Waals surface area (Å²) in [5.74, 6) is 0.104. The van der Waals surface area contributed by atoms with E-state index < -0.39 is 0 Å². The summed E-state index contributed by atoms with van der Waals surface area (Å²) in [6.45, 7) is 4.01. The third-order valence-electron chi connectivity index (χ3n) is 1.97. The summed E-state index contributed by atoms with van der Waals surface area (Å²) in [5.41, 5.74) is 2.33. The van der Waals surface area contributed by atoms with Gasteiger partial charge in [-0.15, -0.1) is 0 Å². The molecule has 72 valence electrons. The van der Waals surface area contributed by atoms with Crippen molar-refractivity contribution in [1.82, 2.24) is 0 Å². The Hall–Kier alpha value is -1.75. The molecule has 0 saturated carbocycles. The van der Waals surface area contributed by atoms with E-state index in [-0.39, 0.29) is 5.75 Å². The maximum absolute atomic E-state index is 9.65. The molecule has 0 amide bonds. The fraction of sp³-hybridized carbons (Fsp3) is 0.250. The first kappa shape index (κ1) is 10.3. The molecule has 0 fully saturated rings. The molecule has 2 nitrogen and oxygen atoms in total. The third kappa shape index (κ3) is 2.37. The molecular weight excluding hydrogens is 174 g/mol. The van der Waals surface area contributed by atoms with Crippen molar-refractivity contribution in [2.45, 2.75) is 20.3 Å². The van der Waals surface area contributed by atoms with E-state index in [1.54, 1.807) is 12.1 Å². The topological polar surface area (TPSA) is 44.0 Å². The number of hydrogen-bond acceptors (Lipinski definition) is 2. The van der Waals surface area contributed by atoms with E-state index in [4.69, 9.17) is 5.26 Å². The fourth-order valence-electron chi connectivity index (χ4n) is 1.16. The lowest BCUT2D eigenvalue weighted by atomic mass is 10.1. The number of para-hydroxylation sites is 1. The van der Waals surface area contributed by atoms with Crippen LogP contribution in [0.3, 0.4) is 0 Å². The molecule has 0 unspecified atom stereocenters. The lowest BCUT2D eigenvalue weighted by molar-refractivity contribution is 0.468. The van der Waals surface area contributed by atoms with Gasteiger partial charge >= 0.3 is 0 Å². The maximum Gasteiger partial charge on any atom is 0.136 e. The molecule has 1 N–H and O–H groups in total. The van der Waals surface area contributed by atoms with Crippen LogP contribution in [0.5, 0.6) is 5.75 Å². The molecule has 0 aliphatic carbocycles. The van der Waals surface area contributed by atoms with Crippen LogP contribution in [-0.2, 0) is 6.42 Å². The van der Waals surface area contributed by atoms with Crippen LogP contribution in [0.1, 0.15) is 25.0 Å². The second-order valence-corrected chi connectivity index (χ2v) is 3.41. The summed E-state index contributed by atoms with van der Waals surface area (Å²) < 4.78 is 0. The van der Waals surface area contributed by atoms with Gasteiger partial charge in [0.15, 0.2) is 0 Å². The molecule has 14 heavy (non-hydrogen) atoms. The molecule has 1 aromatic rings. The number of nitriles is 1. The van der Waals surface area contributed by atoms with Crippen molar-refractivity contribution < 1.29 is 5.11 Å². The highest BCUT2D eigenvalue weighted by atomic mass is 16.3. The molecule has 0 heterocycles. The van der Waals surface area contributed by atoms with E-state index in [0.29, 0.717) is 12.0 Å². The van der Waals surface area contributed by atoms with Crippen LogP contribution in [0.15, 0.2) is 29.8 Å². The van der Waals surface area contributed by atoms with Gasteiger partial charge in [-0.05, 0) is 31.9 Å². The van der Waals surface area contributed by atoms with Crippen molar-refractivity contribution in [3.05, 3.63) is 41.0 Å². The Morgan fingerprint density at radius 2 is 2.21 bits per heavy atom. The Balaban J connectivity index is 3.00. The number of allylic oxidation sites excluding steroid dienone is 2. The van der Waals surface area contributed by atoms with Gasteiger partial charge < -0.3 is 5.11 Å². The number of hydrogen-bond donors (Lipinski definition) is 1. The van der Waals surface area contributed by atoms with Gasteiger partial charge in [0.1, 0.15) is 11.8 Å². The molecule has 1 rings (SSSR count). The smallest absolute Gasteiger partial charge is 0.136 e. The molecule has 0 bridgehead atoms. The van der Waals surface area contributed by atoms with Crippen LogP contribution >= 0.6 is 0 Å². The Morgan fingerprint density at radius 3 is 2.79 bits per heavy atom. The molecule has 0 aliphatic rings. The summed E-state index contributed by atoms with van der Waals surface area (Å²) in [6.07, 6.45) is 2.69. The SMILES string of the molecule is CC(C)=CCc1cccc(C#N)c1O. The second kappa shape index (κ2) is 4.48. The molecule has 0 saturated heterocycles. The largest absolute Gasteiger partial charge is 0.506 e. The van der Waals surface area contributed by atoms with Gasteiger partial charge in [-0.1, -0.05) is 23.8 Å². The minimum absolute atomic E-state index is 0.104. The zero-order valence-electron chi connectivity index (χ0n) is 8.41. The summed E-state index contributed by atoms with van der Waals surface area (Å²) in [5, 5.41) is 18.3. The van der Waals surface area contributed by atoms with E-state index in [1.807, 2.05) is 32.1 Å². The molecule has 0 radical (unpaired) electrons. The van der Waals surface area contributed by atoms with Crippen LogP contribution in [0, 0.1) is 11.3 Å². The van der Waals surface area contributed by atoms with Crippen molar-refractivity contribution in [3.63, 3.8) is 0 Å². The van der Waals surface area contributed by atoms with E-state index in [0.717, 1.165) is 5.56 Å². The van der Waals surface area contributed by atoms with Gasteiger partial charge in [0, 0.05) is 0 Å². The Morgan fingerprint density at radius 1 is 1.50 bits per heavy atom. The third-order valence-corrected chi connectivity index (χ3v) is 1.97. The van der Waals surface area contributed by atoms with E-state index >= 15 is 0 Å². The summed E-state index contributed by atoms with van der Waals surface area (Å²) in [7, 11) is 0. The Kier molecular flexibility index (Phi) is 3.30. The van der Waals surface area contributed by atoms with Crippen LogP contribution in [-0.4, -0.2) is 5.11 Å². The van der Waals surface area contributed by atoms with Crippen molar-refractivity contribution in [3.8, 4) is 11.8 Å². The Labute approximate surface area is 84.1 Å². The number of nitrogens with zero attached hydrogens (tertiary/aromatic N) is 1. The van der Waals surface area contributed by atoms with Crippen molar-refractivity contribution in [2.24, 2.45) is 0 Å². The van der Waals surface area contributed by atoms with Gasteiger partial charge in [0.05, 0.1) is 5.56 Å². The number of phenolic OH excluding ortho intramolecular Hbond substituents is 1. The monoisotopic (exact) mass is 187 g/mol. The van der Waals surface area contributed by atoms with E-state index in [2.05, 4.69) is 0 Å². The van der Waals surface area contributed by atoms with Crippen LogP contribution < -0.4 is 0 Å². The van der Waals surface area contributed by atoms with Crippen LogP contribution in [0.4, 0.5) is 0 Å². The average molecular weight is 187 g/mol. The van der Waals surface area contributed by atoms with Crippen molar-refractivity contribution in [2.75, 3.05) is 0 Å². The average Bonchev–Trinajstić information content (AvgIpc) is 2.16. The van der Waals surface area contributed by atoms with Crippen LogP contribution in [0.25, 0.3) is 0 Å². The molecule has 0 atom stereocenters. The lowest BCUT2D eigenvalue weighted by Gasteiger charge is -2.02. The van der Waals surface area contributed by atoms with Gasteiger partial charge in [-0.2, -0.15) is 5.26 Å². The first-order valence-corrected chi connectivity index (χ1v) is 4.49. The fourth-order valence-corrected chi connectivity index (χ4v) is 1.16. The molecule has 0 aliphatic heterocycles. The number of rotatable bonds is 2. The zero-order chi connectivity index (χ0) is 10.6. The second-order valence-electron chi connectivity index (χ2n) is 3.41. The van der Waals surface area contributed by atoms with Crippen LogP contribution in [0.2, 0.25) is 0 Å².